The van der Waals surface area contributed by atoms with Crippen LogP contribution in [0, 0.1) is 11.3 Å². The molecule has 0 atom stereocenters. The molecule has 0 bridgehead atoms. The van der Waals surface area contributed by atoms with Crippen molar-refractivity contribution in [1.82, 2.24) is 4.98 Å². The highest BCUT2D eigenvalue weighted by atomic mass is 32.2. The number of thiazole rings is 1. The molecular formula is C27H14F3N3S3. The number of hydrogen-bond donors (Lipinski definition) is 0. The molecule has 176 valence electrons. The van der Waals surface area contributed by atoms with E-state index < -0.39 is 11.7 Å². The third-order valence-corrected chi connectivity index (χ3v) is 8.82. The molecule has 5 aromatic rings. The van der Waals surface area contributed by atoms with E-state index in [1.165, 1.54) is 17.4 Å². The number of fused-ring (bicyclic) bond motifs is 3. The van der Waals surface area contributed by atoms with Crippen LogP contribution >= 0.6 is 34.4 Å². The Balaban J connectivity index is 1.38. The third-order valence-electron chi connectivity index (χ3n) is 5.62. The van der Waals surface area contributed by atoms with Crippen molar-refractivity contribution in [2.24, 2.45) is 0 Å². The number of rotatable bonds is 3. The average molecular weight is 534 g/mol. The molecule has 0 radical (unpaired) electrons. The van der Waals surface area contributed by atoms with Gasteiger partial charge >= 0.3 is 6.18 Å². The number of para-hydroxylation sites is 2. The summed E-state index contributed by atoms with van der Waals surface area (Å²) in [5.41, 5.74) is 2.20. The second-order valence-corrected chi connectivity index (χ2v) is 11.1. The van der Waals surface area contributed by atoms with E-state index in [1.54, 1.807) is 17.8 Å². The summed E-state index contributed by atoms with van der Waals surface area (Å²) in [6.45, 7) is 0. The summed E-state index contributed by atoms with van der Waals surface area (Å²) in [7, 11) is 0. The van der Waals surface area contributed by atoms with Gasteiger partial charge in [0.1, 0.15) is 16.1 Å². The minimum atomic E-state index is -4.43. The molecule has 1 aliphatic rings. The molecule has 0 unspecified atom stereocenters. The zero-order chi connectivity index (χ0) is 24.9. The van der Waals surface area contributed by atoms with Crippen LogP contribution in [-0.4, -0.2) is 4.98 Å². The maximum absolute atomic E-state index is 13.1. The van der Waals surface area contributed by atoms with Gasteiger partial charge in [0.05, 0.1) is 32.7 Å². The molecule has 3 aromatic carbocycles. The largest absolute Gasteiger partial charge is 0.416 e. The van der Waals surface area contributed by atoms with Gasteiger partial charge in [-0.2, -0.15) is 18.4 Å². The molecule has 0 amide bonds. The van der Waals surface area contributed by atoms with Crippen LogP contribution < -0.4 is 4.90 Å². The van der Waals surface area contributed by atoms with Crippen molar-refractivity contribution in [1.29, 1.82) is 5.26 Å². The first kappa shape index (κ1) is 22.9. The first-order chi connectivity index (χ1) is 17.4. The van der Waals surface area contributed by atoms with Gasteiger partial charge in [-0.3, -0.25) is 4.90 Å². The standard InChI is InChI=1S/C27H14F3N3S3/c28-27(29,30)17-9-11-19-24(14-17)36-26(32-19)16(15-31)13-18-10-12-25(34-18)33-20-5-1-3-7-22(20)35-23-8-4-2-6-21(23)33/h1-14H/b16-13+. The average Bonchev–Trinajstić information content (AvgIpc) is 3.51. The van der Waals surface area contributed by atoms with Crippen LogP contribution in [-0.2, 0) is 6.18 Å². The van der Waals surface area contributed by atoms with E-state index in [0.29, 0.717) is 20.8 Å². The normalized spacial score (nSPS) is 13.4. The summed E-state index contributed by atoms with van der Waals surface area (Å²) < 4.78 is 39.7. The highest BCUT2D eigenvalue weighted by Gasteiger charge is 2.31. The first-order valence-corrected chi connectivity index (χ1v) is 13.2. The Labute approximate surface area is 216 Å². The van der Waals surface area contributed by atoms with Crippen LogP contribution in [0.3, 0.4) is 0 Å². The van der Waals surface area contributed by atoms with Crippen LogP contribution in [0.2, 0.25) is 0 Å². The lowest BCUT2D eigenvalue weighted by atomic mass is 10.2. The predicted molar refractivity (Wildman–Crippen MR) is 141 cm³/mol. The van der Waals surface area contributed by atoms with E-state index in [2.05, 4.69) is 40.2 Å². The SMILES string of the molecule is N#C/C(=C\c1ccc(N2c3ccccc3Sc3ccccc32)s1)c1nc2ccc(C(F)(F)F)cc2s1. The number of alkyl halides is 3. The van der Waals surface area contributed by atoms with Crippen LogP contribution in [0.25, 0.3) is 21.9 Å². The molecule has 0 N–H and O–H groups in total. The topological polar surface area (TPSA) is 39.9 Å². The summed E-state index contributed by atoms with van der Waals surface area (Å²) in [6.07, 6.45) is -2.68. The number of hydrogen-bond acceptors (Lipinski definition) is 6. The molecule has 2 aromatic heterocycles. The van der Waals surface area contributed by atoms with Gasteiger partial charge in [-0.15, -0.1) is 22.7 Å². The lowest BCUT2D eigenvalue weighted by Gasteiger charge is -2.31. The second kappa shape index (κ2) is 8.82. The van der Waals surface area contributed by atoms with Gasteiger partial charge in [0.25, 0.3) is 0 Å². The van der Waals surface area contributed by atoms with Crippen molar-refractivity contribution in [3.8, 4) is 6.07 Å². The van der Waals surface area contributed by atoms with Crippen molar-refractivity contribution in [2.45, 2.75) is 16.0 Å². The van der Waals surface area contributed by atoms with Gasteiger partial charge in [-0.25, -0.2) is 4.98 Å². The van der Waals surface area contributed by atoms with Crippen molar-refractivity contribution in [3.05, 3.63) is 94.3 Å². The fourth-order valence-electron chi connectivity index (χ4n) is 3.98. The number of nitrogens with zero attached hydrogens (tertiary/aromatic N) is 3. The van der Waals surface area contributed by atoms with Gasteiger partial charge < -0.3 is 0 Å². The van der Waals surface area contributed by atoms with E-state index in [0.717, 1.165) is 54.5 Å². The van der Waals surface area contributed by atoms with E-state index in [9.17, 15) is 18.4 Å². The minimum Gasteiger partial charge on any atom is -0.300 e. The number of allylic oxidation sites excluding steroid dienone is 1. The van der Waals surface area contributed by atoms with Gasteiger partial charge in [0.15, 0.2) is 0 Å². The summed E-state index contributed by atoms with van der Waals surface area (Å²) in [5, 5.41) is 11.2. The molecule has 0 spiro atoms. The summed E-state index contributed by atoms with van der Waals surface area (Å²) in [5.74, 6) is 0. The molecule has 3 heterocycles. The molecule has 0 saturated heterocycles. The number of benzene rings is 3. The Morgan fingerprint density at radius 3 is 2.25 bits per heavy atom. The Bertz CT molecular complexity index is 1650. The van der Waals surface area contributed by atoms with E-state index in [-0.39, 0.29) is 0 Å². The molecule has 3 nitrogen and oxygen atoms in total. The lowest BCUT2D eigenvalue weighted by molar-refractivity contribution is -0.137. The molecule has 0 saturated carbocycles. The predicted octanol–water partition coefficient (Wildman–Crippen LogP) is 9.38. The monoisotopic (exact) mass is 533 g/mol. The maximum atomic E-state index is 13.1. The lowest BCUT2D eigenvalue weighted by Crippen LogP contribution is -2.13. The highest BCUT2D eigenvalue weighted by Crippen LogP contribution is 2.52. The van der Waals surface area contributed by atoms with Crippen LogP contribution in [0.1, 0.15) is 15.4 Å². The highest BCUT2D eigenvalue weighted by molar-refractivity contribution is 7.99. The fraction of sp³-hybridized carbons (Fsp3) is 0.0370. The van der Waals surface area contributed by atoms with Crippen molar-refractivity contribution in [3.63, 3.8) is 0 Å². The maximum Gasteiger partial charge on any atom is 0.416 e. The Hall–Kier alpha value is -3.58. The number of nitriles is 1. The summed E-state index contributed by atoms with van der Waals surface area (Å²) >= 11 is 4.35. The van der Waals surface area contributed by atoms with Gasteiger partial charge in [0.2, 0.25) is 0 Å². The molecule has 36 heavy (non-hydrogen) atoms. The van der Waals surface area contributed by atoms with Crippen molar-refractivity contribution < 1.29 is 13.2 Å². The molecular weight excluding hydrogens is 520 g/mol. The van der Waals surface area contributed by atoms with Crippen LogP contribution in [0.15, 0.2) is 88.7 Å². The molecule has 0 fully saturated rings. The van der Waals surface area contributed by atoms with Gasteiger partial charge in [0, 0.05) is 14.7 Å². The zero-order valence-electron chi connectivity index (χ0n) is 18.3. The molecule has 9 heteroatoms. The first-order valence-electron chi connectivity index (χ1n) is 10.8. The van der Waals surface area contributed by atoms with Gasteiger partial charge in [-0.1, -0.05) is 36.0 Å². The Kier molecular flexibility index (Phi) is 5.60. The molecule has 0 aliphatic carbocycles. The van der Waals surface area contributed by atoms with Crippen molar-refractivity contribution in [2.75, 3.05) is 4.90 Å². The Morgan fingerprint density at radius 1 is 0.889 bits per heavy atom. The number of aromatic nitrogens is 1. The van der Waals surface area contributed by atoms with Crippen molar-refractivity contribution >= 4 is 72.7 Å². The number of halogens is 3. The summed E-state index contributed by atoms with van der Waals surface area (Å²) in [6, 6.07) is 26.0. The fourth-order valence-corrected chi connectivity index (χ4v) is 6.99. The smallest absolute Gasteiger partial charge is 0.300 e. The number of anilines is 3. The number of thiophene rings is 1. The quantitative estimate of drug-likeness (QED) is 0.213. The van der Waals surface area contributed by atoms with Gasteiger partial charge in [-0.05, 0) is 60.7 Å². The van der Waals surface area contributed by atoms with E-state index >= 15 is 0 Å². The van der Waals surface area contributed by atoms with Crippen LogP contribution in [0.5, 0.6) is 0 Å². The van der Waals surface area contributed by atoms with E-state index in [1.807, 2.05) is 36.4 Å². The minimum absolute atomic E-state index is 0.313. The molecule has 1 aliphatic heterocycles. The molecule has 6 rings (SSSR count). The Morgan fingerprint density at radius 2 is 1.58 bits per heavy atom. The van der Waals surface area contributed by atoms with E-state index in [4.69, 9.17) is 0 Å². The zero-order valence-corrected chi connectivity index (χ0v) is 20.7. The summed E-state index contributed by atoms with van der Waals surface area (Å²) in [4.78, 5) is 9.80. The van der Waals surface area contributed by atoms with Crippen LogP contribution in [0.4, 0.5) is 29.5 Å². The third kappa shape index (κ3) is 4.07. The second-order valence-electron chi connectivity index (χ2n) is 7.92.